The SMILES string of the molecule is CCOC(=O)c1ccc(-c2cc(-c3ccccc3)cc(-c3cccc(-c4cc(-c5ccccc5)cc(-c5ccc(C(=O)OCC)cc5)n4)n3)n2)cc1. The van der Waals surface area contributed by atoms with Gasteiger partial charge < -0.3 is 9.47 Å². The third-order valence-electron chi connectivity index (χ3n) is 8.52. The van der Waals surface area contributed by atoms with E-state index in [1.165, 1.54) is 0 Å². The van der Waals surface area contributed by atoms with Crippen LogP contribution in [0.5, 0.6) is 0 Å². The highest BCUT2D eigenvalue weighted by molar-refractivity contribution is 5.91. The van der Waals surface area contributed by atoms with Crippen LogP contribution in [0.15, 0.2) is 152 Å². The predicted octanol–water partition coefficient (Wildman–Crippen LogP) is 10.2. The van der Waals surface area contributed by atoms with Gasteiger partial charge in [-0.1, -0.05) is 91.0 Å². The van der Waals surface area contributed by atoms with E-state index < -0.39 is 0 Å². The second-order valence-corrected chi connectivity index (χ2v) is 12.0. The summed E-state index contributed by atoms with van der Waals surface area (Å²) in [6.45, 7) is 4.21. The van der Waals surface area contributed by atoms with Crippen LogP contribution in [0.1, 0.15) is 34.6 Å². The van der Waals surface area contributed by atoms with Crippen LogP contribution in [-0.4, -0.2) is 40.1 Å². The molecule has 0 radical (unpaired) electrons. The Morgan fingerprint density at radius 3 is 1.13 bits per heavy atom. The second-order valence-electron chi connectivity index (χ2n) is 12.0. The Hall–Kier alpha value is -6.73. The number of aromatic nitrogens is 3. The molecule has 0 aliphatic heterocycles. The van der Waals surface area contributed by atoms with E-state index in [-0.39, 0.29) is 11.9 Å². The van der Waals surface area contributed by atoms with Crippen molar-refractivity contribution in [1.82, 2.24) is 15.0 Å². The number of nitrogens with zero attached hydrogens (tertiary/aromatic N) is 3. The molecule has 7 aromatic rings. The van der Waals surface area contributed by atoms with Gasteiger partial charge in [-0.3, -0.25) is 0 Å². The van der Waals surface area contributed by atoms with Crippen LogP contribution in [-0.2, 0) is 9.47 Å². The van der Waals surface area contributed by atoms with Crippen LogP contribution in [0.2, 0.25) is 0 Å². The zero-order valence-electron chi connectivity index (χ0n) is 28.8. The van der Waals surface area contributed by atoms with Crippen LogP contribution >= 0.6 is 0 Å². The minimum atomic E-state index is -0.358. The fourth-order valence-electron chi connectivity index (χ4n) is 5.92. The van der Waals surface area contributed by atoms with E-state index in [1.54, 1.807) is 38.1 Å². The van der Waals surface area contributed by atoms with Gasteiger partial charge in [-0.05, 0) is 96.8 Å². The highest BCUT2D eigenvalue weighted by Gasteiger charge is 2.15. The average Bonchev–Trinajstić information content (AvgIpc) is 3.21. The molecule has 0 fully saturated rings. The van der Waals surface area contributed by atoms with Crippen LogP contribution in [0, 0.1) is 0 Å². The van der Waals surface area contributed by atoms with Gasteiger partial charge in [0.05, 0.1) is 58.5 Å². The molecule has 7 rings (SSSR count). The van der Waals surface area contributed by atoms with E-state index in [4.69, 9.17) is 24.4 Å². The van der Waals surface area contributed by atoms with Gasteiger partial charge in [-0.25, -0.2) is 24.5 Å². The molecular weight excluding hydrogens is 647 g/mol. The van der Waals surface area contributed by atoms with Gasteiger partial charge in [-0.15, -0.1) is 0 Å². The molecule has 0 spiro atoms. The first kappa shape index (κ1) is 33.8. The molecule has 0 N–H and O–H groups in total. The molecule has 4 aromatic carbocycles. The molecular formula is C45H35N3O4. The Morgan fingerprint density at radius 2 is 0.750 bits per heavy atom. The second kappa shape index (κ2) is 15.4. The normalized spacial score (nSPS) is 10.8. The highest BCUT2D eigenvalue weighted by Crippen LogP contribution is 2.33. The topological polar surface area (TPSA) is 91.3 Å². The summed E-state index contributed by atoms with van der Waals surface area (Å²) in [5, 5.41) is 0. The van der Waals surface area contributed by atoms with E-state index in [1.807, 2.05) is 103 Å². The van der Waals surface area contributed by atoms with Gasteiger partial charge in [0.15, 0.2) is 0 Å². The van der Waals surface area contributed by atoms with Gasteiger partial charge in [0.25, 0.3) is 0 Å². The zero-order valence-corrected chi connectivity index (χ0v) is 28.8. The lowest BCUT2D eigenvalue weighted by atomic mass is 10.00. The Bertz CT molecular complexity index is 2180. The number of carbonyl (C=O) groups excluding carboxylic acids is 2. The fraction of sp³-hybridized carbons (Fsp3) is 0.0889. The highest BCUT2D eigenvalue weighted by atomic mass is 16.5. The Morgan fingerprint density at radius 1 is 0.385 bits per heavy atom. The standard InChI is InChI=1S/C45H35N3O4/c1-3-51-44(49)34-22-18-32(19-23-34)40-26-36(30-12-7-5-8-13-30)28-42(47-40)38-16-11-17-39(46-38)43-29-37(31-14-9-6-10-15-31)27-41(48-43)33-20-24-35(25-21-33)45(50)52-4-2/h5-29H,3-4H2,1-2H3. The molecule has 0 saturated carbocycles. The summed E-state index contributed by atoms with van der Waals surface area (Å²) in [7, 11) is 0. The minimum absolute atomic E-state index is 0.314. The molecule has 52 heavy (non-hydrogen) atoms. The van der Waals surface area contributed by atoms with Crippen LogP contribution in [0.3, 0.4) is 0 Å². The summed E-state index contributed by atoms with van der Waals surface area (Å²) in [5.74, 6) is -0.716. The minimum Gasteiger partial charge on any atom is -0.462 e. The maximum Gasteiger partial charge on any atom is 0.338 e. The smallest absolute Gasteiger partial charge is 0.338 e. The van der Waals surface area contributed by atoms with E-state index in [0.29, 0.717) is 47.1 Å². The first-order valence-corrected chi connectivity index (χ1v) is 17.2. The quantitative estimate of drug-likeness (QED) is 0.133. The summed E-state index contributed by atoms with van der Waals surface area (Å²) < 4.78 is 10.4. The monoisotopic (exact) mass is 681 g/mol. The number of hydrogen-bond acceptors (Lipinski definition) is 7. The lowest BCUT2D eigenvalue weighted by Gasteiger charge is -2.12. The van der Waals surface area contributed by atoms with Crippen molar-refractivity contribution in [3.8, 4) is 67.5 Å². The Labute approximate surface area is 302 Å². The van der Waals surface area contributed by atoms with Crippen molar-refractivity contribution in [2.24, 2.45) is 0 Å². The molecule has 7 heteroatoms. The van der Waals surface area contributed by atoms with E-state index >= 15 is 0 Å². The molecule has 0 amide bonds. The number of carbonyl (C=O) groups is 2. The van der Waals surface area contributed by atoms with Gasteiger partial charge >= 0.3 is 11.9 Å². The largest absolute Gasteiger partial charge is 0.462 e. The molecule has 0 unspecified atom stereocenters. The molecule has 3 heterocycles. The van der Waals surface area contributed by atoms with Crippen molar-refractivity contribution < 1.29 is 19.1 Å². The summed E-state index contributed by atoms with van der Waals surface area (Å²) in [6.07, 6.45) is 0. The number of pyridine rings is 3. The molecule has 7 nitrogen and oxygen atoms in total. The zero-order chi connectivity index (χ0) is 35.9. The van der Waals surface area contributed by atoms with Crippen LogP contribution < -0.4 is 0 Å². The van der Waals surface area contributed by atoms with Crippen molar-refractivity contribution >= 4 is 11.9 Å². The number of rotatable bonds is 10. The van der Waals surface area contributed by atoms with Crippen molar-refractivity contribution in [2.45, 2.75) is 13.8 Å². The molecule has 254 valence electrons. The predicted molar refractivity (Wildman–Crippen MR) is 204 cm³/mol. The van der Waals surface area contributed by atoms with E-state index in [0.717, 1.165) is 44.8 Å². The Balaban J connectivity index is 1.31. The third-order valence-corrected chi connectivity index (χ3v) is 8.52. The van der Waals surface area contributed by atoms with Crippen molar-refractivity contribution in [2.75, 3.05) is 13.2 Å². The van der Waals surface area contributed by atoms with Crippen molar-refractivity contribution in [3.05, 3.63) is 163 Å². The lowest BCUT2D eigenvalue weighted by Crippen LogP contribution is -2.04. The first-order valence-electron chi connectivity index (χ1n) is 17.2. The average molecular weight is 682 g/mol. The maximum absolute atomic E-state index is 12.3. The van der Waals surface area contributed by atoms with E-state index in [2.05, 4.69) is 24.3 Å². The van der Waals surface area contributed by atoms with Crippen molar-refractivity contribution in [3.63, 3.8) is 0 Å². The maximum atomic E-state index is 12.3. The van der Waals surface area contributed by atoms with Gasteiger partial charge in [0, 0.05) is 11.1 Å². The third kappa shape index (κ3) is 7.54. The molecule has 0 bridgehead atoms. The molecule has 0 atom stereocenters. The summed E-state index contributed by atoms with van der Waals surface area (Å²) in [4.78, 5) is 39.9. The number of benzene rings is 4. The lowest BCUT2D eigenvalue weighted by molar-refractivity contribution is 0.0517. The summed E-state index contributed by atoms with van der Waals surface area (Å²) >= 11 is 0. The number of hydrogen-bond donors (Lipinski definition) is 0. The van der Waals surface area contributed by atoms with Gasteiger partial charge in [-0.2, -0.15) is 0 Å². The summed E-state index contributed by atoms with van der Waals surface area (Å²) in [5.41, 5.74) is 11.0. The number of ether oxygens (including phenoxy) is 2. The first-order chi connectivity index (χ1) is 25.5. The fourth-order valence-corrected chi connectivity index (χ4v) is 5.92. The molecule has 0 saturated heterocycles. The number of esters is 2. The van der Waals surface area contributed by atoms with E-state index in [9.17, 15) is 9.59 Å². The van der Waals surface area contributed by atoms with Crippen LogP contribution in [0.25, 0.3) is 67.5 Å². The van der Waals surface area contributed by atoms with Gasteiger partial charge in [0.1, 0.15) is 0 Å². The molecule has 0 aliphatic carbocycles. The molecule has 3 aromatic heterocycles. The van der Waals surface area contributed by atoms with Crippen LogP contribution in [0.4, 0.5) is 0 Å². The van der Waals surface area contributed by atoms with Crippen molar-refractivity contribution in [1.29, 1.82) is 0 Å². The summed E-state index contributed by atoms with van der Waals surface area (Å²) in [6, 6.07) is 48.9. The van der Waals surface area contributed by atoms with Gasteiger partial charge in [0.2, 0.25) is 0 Å². The Kier molecular flexibility index (Phi) is 10.0. The molecule has 0 aliphatic rings.